The van der Waals surface area contributed by atoms with E-state index in [0.717, 1.165) is 0 Å². The molecular weight excluding hydrogens is 332 g/mol. The number of ether oxygens (including phenoxy) is 1. The van der Waals surface area contributed by atoms with Crippen LogP contribution in [0, 0.1) is 5.92 Å². The third-order valence-electron chi connectivity index (χ3n) is 3.49. The Balaban J connectivity index is 2.77. The zero-order valence-electron chi connectivity index (χ0n) is 14.1. The van der Waals surface area contributed by atoms with Crippen LogP contribution in [0.3, 0.4) is 0 Å². The molecule has 0 aliphatic carbocycles. The van der Waals surface area contributed by atoms with E-state index in [2.05, 4.69) is 0 Å². The van der Waals surface area contributed by atoms with Gasteiger partial charge in [0.15, 0.2) is 5.78 Å². The molecule has 0 bridgehead atoms. The lowest BCUT2D eigenvalue weighted by molar-refractivity contribution is -0.0925. The standard InChI is InChI=1S/C17H24O8/c1-9(2)5-13(20)11-6-10(3-4-12(11)19)17(24)25-8-15(22)16(23)14(21)7-18/h3-4,6,9,14-16,18-19,21-23H,5,7-8H2,1-2H3/t14-,15-,16-/m0/s1. The highest BCUT2D eigenvalue weighted by Crippen LogP contribution is 2.22. The highest BCUT2D eigenvalue weighted by molar-refractivity contribution is 6.01. The summed E-state index contributed by atoms with van der Waals surface area (Å²) in [5.41, 5.74) is -0.00580. The molecule has 0 amide bonds. The third-order valence-corrected chi connectivity index (χ3v) is 3.49. The molecular formula is C17H24O8. The van der Waals surface area contributed by atoms with Gasteiger partial charge < -0.3 is 30.3 Å². The number of phenols is 1. The van der Waals surface area contributed by atoms with Gasteiger partial charge in [-0.1, -0.05) is 13.8 Å². The van der Waals surface area contributed by atoms with Crippen LogP contribution in [-0.4, -0.2) is 68.8 Å². The minimum Gasteiger partial charge on any atom is -0.507 e. The van der Waals surface area contributed by atoms with Gasteiger partial charge in [-0.25, -0.2) is 4.79 Å². The Morgan fingerprint density at radius 3 is 2.32 bits per heavy atom. The predicted octanol–water partition coefficient (Wildman–Crippen LogP) is -0.147. The molecule has 1 aromatic carbocycles. The normalized spacial score (nSPS) is 14.8. The Morgan fingerprint density at radius 2 is 1.76 bits per heavy atom. The molecule has 3 atom stereocenters. The molecule has 0 fully saturated rings. The lowest BCUT2D eigenvalue weighted by atomic mass is 9.99. The van der Waals surface area contributed by atoms with Crippen LogP contribution in [-0.2, 0) is 4.74 Å². The number of ketones is 1. The molecule has 0 unspecified atom stereocenters. The number of phenolic OH excluding ortho intramolecular Hbond substituents is 1. The number of benzene rings is 1. The van der Waals surface area contributed by atoms with Gasteiger partial charge in [-0.3, -0.25) is 4.79 Å². The zero-order chi connectivity index (χ0) is 19.1. The van der Waals surface area contributed by atoms with Gasteiger partial charge in [-0.15, -0.1) is 0 Å². The van der Waals surface area contributed by atoms with Gasteiger partial charge in [0.2, 0.25) is 0 Å². The first-order valence-electron chi connectivity index (χ1n) is 7.85. The summed E-state index contributed by atoms with van der Waals surface area (Å²) in [5.74, 6) is -1.35. The zero-order valence-corrected chi connectivity index (χ0v) is 14.1. The maximum absolute atomic E-state index is 12.1. The molecule has 140 valence electrons. The van der Waals surface area contributed by atoms with Gasteiger partial charge in [-0.2, -0.15) is 0 Å². The maximum atomic E-state index is 12.1. The van der Waals surface area contributed by atoms with Crippen molar-refractivity contribution >= 4 is 11.8 Å². The van der Waals surface area contributed by atoms with Gasteiger partial charge in [0.25, 0.3) is 0 Å². The van der Waals surface area contributed by atoms with Gasteiger partial charge in [-0.05, 0) is 24.1 Å². The molecule has 1 aromatic rings. The second kappa shape index (κ2) is 9.47. The van der Waals surface area contributed by atoms with Crippen molar-refractivity contribution in [1.29, 1.82) is 0 Å². The lowest BCUT2D eigenvalue weighted by Gasteiger charge is -2.21. The van der Waals surface area contributed by atoms with E-state index in [1.807, 2.05) is 13.8 Å². The van der Waals surface area contributed by atoms with Crippen LogP contribution < -0.4 is 0 Å². The minimum atomic E-state index is -1.68. The summed E-state index contributed by atoms with van der Waals surface area (Å²) in [7, 11) is 0. The predicted molar refractivity (Wildman–Crippen MR) is 87.3 cm³/mol. The minimum absolute atomic E-state index is 0.000522. The Labute approximate surface area is 145 Å². The Bertz CT molecular complexity index is 598. The Kier molecular flexibility index (Phi) is 7.98. The van der Waals surface area contributed by atoms with E-state index in [-0.39, 0.29) is 35.0 Å². The number of hydrogen-bond donors (Lipinski definition) is 5. The number of Topliss-reactive ketones (excluding diaryl/α,β-unsaturated/α-hetero) is 1. The fraction of sp³-hybridized carbons (Fsp3) is 0.529. The molecule has 0 heterocycles. The number of rotatable bonds is 9. The highest BCUT2D eigenvalue weighted by Gasteiger charge is 2.25. The average molecular weight is 356 g/mol. The number of carbonyl (C=O) groups is 2. The molecule has 0 aliphatic rings. The van der Waals surface area contributed by atoms with Crippen LogP contribution in [0.15, 0.2) is 18.2 Å². The first kappa shape index (κ1) is 21.0. The average Bonchev–Trinajstić information content (AvgIpc) is 2.57. The highest BCUT2D eigenvalue weighted by atomic mass is 16.5. The summed E-state index contributed by atoms with van der Waals surface area (Å²) in [5, 5.41) is 46.8. The maximum Gasteiger partial charge on any atom is 0.338 e. The molecule has 0 radical (unpaired) electrons. The fourth-order valence-corrected chi connectivity index (χ4v) is 2.07. The van der Waals surface area contributed by atoms with Crippen LogP contribution in [0.2, 0.25) is 0 Å². The Hall–Kier alpha value is -2.00. The van der Waals surface area contributed by atoms with E-state index >= 15 is 0 Å². The molecule has 25 heavy (non-hydrogen) atoms. The molecule has 8 heteroatoms. The molecule has 5 N–H and O–H groups in total. The largest absolute Gasteiger partial charge is 0.507 e. The van der Waals surface area contributed by atoms with E-state index in [4.69, 9.17) is 9.84 Å². The SMILES string of the molecule is CC(C)CC(=O)c1cc(C(=O)OC[C@H](O)[C@@H](O)[C@@H](O)CO)ccc1O. The van der Waals surface area contributed by atoms with Gasteiger partial charge in [0, 0.05) is 6.42 Å². The van der Waals surface area contributed by atoms with Crippen LogP contribution in [0.4, 0.5) is 0 Å². The van der Waals surface area contributed by atoms with E-state index in [9.17, 15) is 30.0 Å². The molecule has 0 spiro atoms. The van der Waals surface area contributed by atoms with Crippen molar-refractivity contribution < 1.29 is 39.9 Å². The quantitative estimate of drug-likeness (QED) is 0.303. The lowest BCUT2D eigenvalue weighted by Crippen LogP contribution is -2.42. The third kappa shape index (κ3) is 6.09. The molecule has 0 aromatic heterocycles. The summed E-state index contributed by atoms with van der Waals surface area (Å²) < 4.78 is 4.83. The second-order valence-corrected chi connectivity index (χ2v) is 6.16. The van der Waals surface area contributed by atoms with Crippen molar-refractivity contribution in [1.82, 2.24) is 0 Å². The molecule has 0 saturated heterocycles. The second-order valence-electron chi connectivity index (χ2n) is 6.16. The fourth-order valence-electron chi connectivity index (χ4n) is 2.07. The van der Waals surface area contributed by atoms with E-state index in [1.54, 1.807) is 0 Å². The number of carbonyl (C=O) groups excluding carboxylic acids is 2. The van der Waals surface area contributed by atoms with Gasteiger partial charge >= 0.3 is 5.97 Å². The molecule has 0 saturated carbocycles. The summed E-state index contributed by atoms with van der Waals surface area (Å²) >= 11 is 0. The van der Waals surface area contributed by atoms with Gasteiger partial charge in [0.1, 0.15) is 30.7 Å². The number of hydrogen-bond acceptors (Lipinski definition) is 8. The number of aliphatic hydroxyl groups excluding tert-OH is 4. The topological polar surface area (TPSA) is 145 Å². The van der Waals surface area contributed by atoms with Crippen LogP contribution >= 0.6 is 0 Å². The first-order chi connectivity index (χ1) is 11.7. The van der Waals surface area contributed by atoms with Gasteiger partial charge in [0.05, 0.1) is 17.7 Å². The number of esters is 1. The van der Waals surface area contributed by atoms with Crippen molar-refractivity contribution in [3.05, 3.63) is 29.3 Å². The van der Waals surface area contributed by atoms with Crippen LogP contribution in [0.25, 0.3) is 0 Å². The number of aromatic hydroxyl groups is 1. The van der Waals surface area contributed by atoms with Crippen LogP contribution in [0.1, 0.15) is 41.0 Å². The smallest absolute Gasteiger partial charge is 0.338 e. The molecule has 1 rings (SSSR count). The van der Waals surface area contributed by atoms with E-state index in [0.29, 0.717) is 0 Å². The monoisotopic (exact) mass is 356 g/mol. The van der Waals surface area contributed by atoms with Crippen LogP contribution in [0.5, 0.6) is 5.75 Å². The summed E-state index contributed by atoms with van der Waals surface area (Å²) in [4.78, 5) is 24.1. The van der Waals surface area contributed by atoms with E-state index in [1.165, 1.54) is 18.2 Å². The van der Waals surface area contributed by atoms with E-state index < -0.39 is 37.5 Å². The van der Waals surface area contributed by atoms with Crippen molar-refractivity contribution in [2.75, 3.05) is 13.2 Å². The first-order valence-corrected chi connectivity index (χ1v) is 7.85. The molecule has 0 aliphatic heterocycles. The Morgan fingerprint density at radius 1 is 1.12 bits per heavy atom. The van der Waals surface area contributed by atoms with Crippen molar-refractivity contribution in [3.63, 3.8) is 0 Å². The summed E-state index contributed by atoms with van der Waals surface area (Å²) in [6.45, 7) is 2.32. The van der Waals surface area contributed by atoms with Crippen molar-refractivity contribution in [2.45, 2.75) is 38.6 Å². The van der Waals surface area contributed by atoms with Crippen molar-refractivity contribution in [2.24, 2.45) is 5.92 Å². The summed E-state index contributed by atoms with van der Waals surface area (Å²) in [6.07, 6.45) is -4.63. The molecule has 8 nitrogen and oxygen atoms in total. The number of aliphatic hydroxyl groups is 4. The summed E-state index contributed by atoms with van der Waals surface area (Å²) in [6, 6.07) is 3.66. The van der Waals surface area contributed by atoms with Crippen molar-refractivity contribution in [3.8, 4) is 5.75 Å².